The minimum atomic E-state index is -0.845. The van der Waals surface area contributed by atoms with Crippen molar-refractivity contribution in [2.45, 2.75) is 26.7 Å². The molecule has 0 aliphatic carbocycles. The normalized spacial score (nSPS) is 10.6. The maximum Gasteiger partial charge on any atom is 0.303 e. The standard InChI is InChI=1S/C17H17FO2/c1-11-7-12(2)9-14(8-11)15-10-13(3-5-16(15)18)4-6-17(19)20/h3,5,7-10H,4,6H2,1-2H3,(H,19,20). The van der Waals surface area contributed by atoms with Crippen LogP contribution in [0.4, 0.5) is 4.39 Å². The van der Waals surface area contributed by atoms with Gasteiger partial charge < -0.3 is 5.11 Å². The van der Waals surface area contributed by atoms with E-state index in [0.717, 1.165) is 22.3 Å². The Morgan fingerprint density at radius 1 is 1.10 bits per heavy atom. The second kappa shape index (κ2) is 5.87. The molecule has 2 aromatic carbocycles. The van der Waals surface area contributed by atoms with E-state index in [1.807, 2.05) is 32.0 Å². The Hall–Kier alpha value is -2.16. The lowest BCUT2D eigenvalue weighted by Crippen LogP contribution is -1.98. The Bertz CT molecular complexity index is 627. The van der Waals surface area contributed by atoms with Crippen molar-refractivity contribution >= 4 is 5.97 Å². The molecule has 0 amide bonds. The Morgan fingerprint density at radius 3 is 2.35 bits per heavy atom. The third-order valence-electron chi connectivity index (χ3n) is 3.19. The van der Waals surface area contributed by atoms with Crippen LogP contribution >= 0.6 is 0 Å². The van der Waals surface area contributed by atoms with E-state index in [9.17, 15) is 9.18 Å². The number of hydrogen-bond acceptors (Lipinski definition) is 1. The summed E-state index contributed by atoms with van der Waals surface area (Å²) in [5.74, 6) is -1.13. The molecule has 0 bridgehead atoms. The minimum absolute atomic E-state index is 0.0535. The first-order valence-electron chi connectivity index (χ1n) is 6.54. The average Bonchev–Trinajstić information content (AvgIpc) is 2.36. The fourth-order valence-corrected chi connectivity index (χ4v) is 2.33. The largest absolute Gasteiger partial charge is 0.481 e. The van der Waals surface area contributed by atoms with E-state index >= 15 is 0 Å². The molecule has 0 radical (unpaired) electrons. The molecular weight excluding hydrogens is 255 g/mol. The van der Waals surface area contributed by atoms with Crippen molar-refractivity contribution < 1.29 is 14.3 Å². The maximum absolute atomic E-state index is 14.0. The number of carboxylic acids is 1. The van der Waals surface area contributed by atoms with Gasteiger partial charge in [-0.15, -0.1) is 0 Å². The fraction of sp³-hybridized carbons (Fsp3) is 0.235. The van der Waals surface area contributed by atoms with Gasteiger partial charge in [0.05, 0.1) is 0 Å². The average molecular weight is 272 g/mol. The third kappa shape index (κ3) is 3.44. The summed E-state index contributed by atoms with van der Waals surface area (Å²) in [6, 6.07) is 10.7. The van der Waals surface area contributed by atoms with Gasteiger partial charge in [-0.3, -0.25) is 4.79 Å². The lowest BCUT2D eigenvalue weighted by atomic mass is 9.97. The van der Waals surface area contributed by atoms with Crippen molar-refractivity contribution in [2.24, 2.45) is 0 Å². The monoisotopic (exact) mass is 272 g/mol. The van der Waals surface area contributed by atoms with Gasteiger partial charge in [0.2, 0.25) is 0 Å². The highest BCUT2D eigenvalue weighted by Crippen LogP contribution is 2.26. The van der Waals surface area contributed by atoms with Crippen LogP contribution in [-0.4, -0.2) is 11.1 Å². The molecule has 0 aromatic heterocycles. The van der Waals surface area contributed by atoms with Gasteiger partial charge in [0.25, 0.3) is 0 Å². The SMILES string of the molecule is Cc1cc(C)cc(-c2cc(CCC(=O)O)ccc2F)c1. The van der Waals surface area contributed by atoms with Crippen LogP contribution in [0.15, 0.2) is 36.4 Å². The van der Waals surface area contributed by atoms with Gasteiger partial charge >= 0.3 is 5.97 Å². The van der Waals surface area contributed by atoms with Crippen molar-refractivity contribution in [3.05, 3.63) is 58.9 Å². The molecule has 0 saturated carbocycles. The highest BCUT2D eigenvalue weighted by Gasteiger charge is 2.08. The van der Waals surface area contributed by atoms with E-state index in [2.05, 4.69) is 0 Å². The molecule has 20 heavy (non-hydrogen) atoms. The van der Waals surface area contributed by atoms with Crippen LogP contribution in [0.25, 0.3) is 11.1 Å². The summed E-state index contributed by atoms with van der Waals surface area (Å²) in [6.45, 7) is 3.95. The number of carboxylic acid groups (broad SMARTS) is 1. The second-order valence-electron chi connectivity index (χ2n) is 5.08. The lowest BCUT2D eigenvalue weighted by Gasteiger charge is -2.09. The zero-order chi connectivity index (χ0) is 14.7. The Kier molecular flexibility index (Phi) is 4.18. The van der Waals surface area contributed by atoms with Gasteiger partial charge in [-0.2, -0.15) is 0 Å². The predicted molar refractivity (Wildman–Crippen MR) is 77.3 cm³/mol. The zero-order valence-corrected chi connectivity index (χ0v) is 11.6. The smallest absolute Gasteiger partial charge is 0.303 e. The third-order valence-corrected chi connectivity index (χ3v) is 3.19. The molecule has 2 nitrogen and oxygen atoms in total. The van der Waals surface area contributed by atoms with Gasteiger partial charge in [-0.25, -0.2) is 4.39 Å². The Balaban J connectivity index is 2.39. The molecular formula is C17H17FO2. The van der Waals surface area contributed by atoms with Crippen LogP contribution < -0.4 is 0 Å². The van der Waals surface area contributed by atoms with Crippen molar-refractivity contribution in [1.82, 2.24) is 0 Å². The van der Waals surface area contributed by atoms with Crippen LogP contribution in [0.2, 0.25) is 0 Å². The van der Waals surface area contributed by atoms with E-state index in [1.54, 1.807) is 12.1 Å². The molecule has 0 aliphatic heterocycles. The summed E-state index contributed by atoms with van der Waals surface area (Å²) >= 11 is 0. The number of carbonyl (C=O) groups is 1. The summed E-state index contributed by atoms with van der Waals surface area (Å²) in [5, 5.41) is 8.71. The van der Waals surface area contributed by atoms with Crippen LogP contribution in [0.5, 0.6) is 0 Å². The Morgan fingerprint density at radius 2 is 1.75 bits per heavy atom. The van der Waals surface area contributed by atoms with E-state index in [0.29, 0.717) is 12.0 Å². The lowest BCUT2D eigenvalue weighted by molar-refractivity contribution is -0.136. The number of halogens is 1. The second-order valence-corrected chi connectivity index (χ2v) is 5.08. The van der Waals surface area contributed by atoms with Crippen molar-refractivity contribution in [3.8, 4) is 11.1 Å². The predicted octanol–water partition coefficient (Wildman–Crippen LogP) is 4.13. The fourth-order valence-electron chi connectivity index (χ4n) is 2.33. The summed E-state index contributed by atoms with van der Waals surface area (Å²) in [5.41, 5.74) is 4.35. The molecule has 0 aliphatic rings. The molecule has 0 unspecified atom stereocenters. The van der Waals surface area contributed by atoms with Gasteiger partial charge in [-0.05, 0) is 43.5 Å². The van der Waals surface area contributed by atoms with Crippen molar-refractivity contribution in [2.75, 3.05) is 0 Å². The molecule has 0 spiro atoms. The molecule has 0 atom stereocenters. The number of hydrogen-bond donors (Lipinski definition) is 1. The molecule has 1 N–H and O–H groups in total. The van der Waals surface area contributed by atoms with Gasteiger partial charge in [0.15, 0.2) is 0 Å². The first-order valence-corrected chi connectivity index (χ1v) is 6.54. The van der Waals surface area contributed by atoms with Gasteiger partial charge in [0.1, 0.15) is 5.82 Å². The zero-order valence-electron chi connectivity index (χ0n) is 11.6. The highest BCUT2D eigenvalue weighted by molar-refractivity contribution is 5.68. The maximum atomic E-state index is 14.0. The van der Waals surface area contributed by atoms with Crippen molar-refractivity contribution in [3.63, 3.8) is 0 Å². The van der Waals surface area contributed by atoms with Crippen LogP contribution in [0, 0.1) is 19.7 Å². The van der Waals surface area contributed by atoms with E-state index in [1.165, 1.54) is 6.07 Å². The molecule has 3 heteroatoms. The summed E-state index contributed by atoms with van der Waals surface area (Å²) in [7, 11) is 0. The van der Waals surface area contributed by atoms with Gasteiger partial charge in [0, 0.05) is 12.0 Å². The number of rotatable bonds is 4. The van der Waals surface area contributed by atoms with E-state index in [-0.39, 0.29) is 12.2 Å². The summed E-state index contributed by atoms with van der Waals surface area (Å²) < 4.78 is 14.0. The van der Waals surface area contributed by atoms with Crippen LogP contribution in [-0.2, 0) is 11.2 Å². The highest BCUT2D eigenvalue weighted by atomic mass is 19.1. The number of benzene rings is 2. The first-order chi connectivity index (χ1) is 9.45. The molecule has 2 rings (SSSR count). The number of aryl methyl sites for hydroxylation is 3. The van der Waals surface area contributed by atoms with Crippen LogP contribution in [0.3, 0.4) is 0 Å². The quantitative estimate of drug-likeness (QED) is 0.908. The van der Waals surface area contributed by atoms with E-state index < -0.39 is 5.97 Å². The van der Waals surface area contributed by atoms with E-state index in [4.69, 9.17) is 5.11 Å². The molecule has 104 valence electrons. The molecule has 0 saturated heterocycles. The molecule has 0 fully saturated rings. The molecule has 0 heterocycles. The minimum Gasteiger partial charge on any atom is -0.481 e. The topological polar surface area (TPSA) is 37.3 Å². The first kappa shape index (κ1) is 14.3. The van der Waals surface area contributed by atoms with Gasteiger partial charge in [-0.1, -0.05) is 35.4 Å². The summed E-state index contributed by atoms with van der Waals surface area (Å²) in [4.78, 5) is 10.6. The van der Waals surface area contributed by atoms with Crippen molar-refractivity contribution in [1.29, 1.82) is 0 Å². The summed E-state index contributed by atoms with van der Waals surface area (Å²) in [6.07, 6.45) is 0.464. The van der Waals surface area contributed by atoms with Crippen LogP contribution in [0.1, 0.15) is 23.1 Å². The number of aliphatic carboxylic acids is 1. The molecule has 2 aromatic rings. The Labute approximate surface area is 117 Å².